The predicted octanol–water partition coefficient (Wildman–Crippen LogP) is 1.84. The van der Waals surface area contributed by atoms with Crippen LogP contribution in [0.3, 0.4) is 0 Å². The van der Waals surface area contributed by atoms with E-state index in [0.29, 0.717) is 31.1 Å². The van der Waals surface area contributed by atoms with E-state index in [-0.39, 0.29) is 11.9 Å². The highest BCUT2D eigenvalue weighted by atomic mass is 32.2. The molecule has 3 rings (SSSR count). The van der Waals surface area contributed by atoms with Gasteiger partial charge in [-0.05, 0) is 63.4 Å². The molecule has 2 N–H and O–H groups in total. The van der Waals surface area contributed by atoms with Gasteiger partial charge in [0, 0.05) is 5.69 Å². The monoisotopic (exact) mass is 430 g/mol. The van der Waals surface area contributed by atoms with Gasteiger partial charge in [-0.25, -0.2) is 8.42 Å². The molecule has 1 atom stereocenters. The maximum Gasteiger partial charge on any atom is 0.282 e. The second kappa shape index (κ2) is 8.88. The number of nitrogens with one attached hydrogen (secondary N) is 2. The molecule has 1 amide bonds. The molecule has 1 fully saturated rings. The molecule has 1 aliphatic rings. The Balaban J connectivity index is 1.64. The summed E-state index contributed by atoms with van der Waals surface area (Å²) in [7, 11) is -3.52. The third-order valence-electron chi connectivity index (χ3n) is 5.97. The number of benzene rings is 2. The summed E-state index contributed by atoms with van der Waals surface area (Å²) in [6, 6.07) is 11.2. The SMILES string of the molecule is Cc1ccc(NC(=O)[C@@H](C)[NH+]2CCN(S(=O)(=O)c3cc(C)ccc3C)CC2)c(C)c1. The summed E-state index contributed by atoms with van der Waals surface area (Å²) in [6.45, 7) is 11.7. The van der Waals surface area contributed by atoms with Crippen LogP contribution in [0.25, 0.3) is 0 Å². The number of sulfonamides is 1. The van der Waals surface area contributed by atoms with Crippen LogP contribution in [0.1, 0.15) is 29.2 Å². The first-order valence-corrected chi connectivity index (χ1v) is 11.8. The van der Waals surface area contributed by atoms with E-state index in [0.717, 1.165) is 32.8 Å². The Bertz CT molecular complexity index is 1040. The highest BCUT2D eigenvalue weighted by molar-refractivity contribution is 7.89. The van der Waals surface area contributed by atoms with Gasteiger partial charge in [0.1, 0.15) is 0 Å². The number of carbonyl (C=O) groups excluding carboxylic acids is 1. The number of rotatable bonds is 5. The van der Waals surface area contributed by atoms with Crippen molar-refractivity contribution < 1.29 is 18.1 Å². The fourth-order valence-corrected chi connectivity index (χ4v) is 5.70. The summed E-state index contributed by atoms with van der Waals surface area (Å²) < 4.78 is 27.8. The van der Waals surface area contributed by atoms with Gasteiger partial charge in [-0.2, -0.15) is 4.31 Å². The van der Waals surface area contributed by atoms with Crippen molar-refractivity contribution in [1.82, 2.24) is 4.31 Å². The van der Waals surface area contributed by atoms with Crippen LogP contribution in [0.15, 0.2) is 41.3 Å². The molecule has 0 saturated carbocycles. The van der Waals surface area contributed by atoms with Gasteiger partial charge in [-0.15, -0.1) is 0 Å². The van der Waals surface area contributed by atoms with E-state index in [2.05, 4.69) is 5.32 Å². The van der Waals surface area contributed by atoms with Gasteiger partial charge in [-0.3, -0.25) is 4.79 Å². The Morgan fingerprint density at radius 2 is 1.57 bits per heavy atom. The topological polar surface area (TPSA) is 70.9 Å². The lowest BCUT2D eigenvalue weighted by Gasteiger charge is -2.34. The lowest BCUT2D eigenvalue weighted by molar-refractivity contribution is -0.917. The van der Waals surface area contributed by atoms with Crippen molar-refractivity contribution in [3.63, 3.8) is 0 Å². The minimum atomic E-state index is -3.52. The first-order valence-electron chi connectivity index (χ1n) is 10.4. The highest BCUT2D eigenvalue weighted by Gasteiger charge is 2.35. The number of carbonyl (C=O) groups is 1. The van der Waals surface area contributed by atoms with Gasteiger partial charge in [0.05, 0.1) is 31.1 Å². The number of nitrogens with zero attached hydrogens (tertiary/aromatic N) is 1. The molecule has 0 bridgehead atoms. The molecule has 7 heteroatoms. The quantitative estimate of drug-likeness (QED) is 0.760. The molecule has 162 valence electrons. The third-order valence-corrected chi connectivity index (χ3v) is 8.01. The zero-order valence-corrected chi connectivity index (χ0v) is 19.3. The Morgan fingerprint density at radius 1 is 0.967 bits per heavy atom. The zero-order valence-electron chi connectivity index (χ0n) is 18.5. The van der Waals surface area contributed by atoms with E-state index in [4.69, 9.17) is 0 Å². The lowest BCUT2D eigenvalue weighted by Crippen LogP contribution is -3.19. The molecule has 1 aliphatic heterocycles. The van der Waals surface area contributed by atoms with E-state index in [9.17, 15) is 13.2 Å². The van der Waals surface area contributed by atoms with Crippen LogP contribution in [-0.2, 0) is 14.8 Å². The third kappa shape index (κ3) is 4.74. The first kappa shape index (κ1) is 22.5. The summed E-state index contributed by atoms with van der Waals surface area (Å²) in [5.74, 6) is -0.0391. The Hall–Kier alpha value is -2.22. The van der Waals surface area contributed by atoms with Crippen molar-refractivity contribution in [2.75, 3.05) is 31.5 Å². The normalized spacial score (nSPS) is 17.0. The Morgan fingerprint density at radius 3 is 2.20 bits per heavy atom. The molecule has 2 aromatic carbocycles. The molecule has 6 nitrogen and oxygen atoms in total. The predicted molar refractivity (Wildman–Crippen MR) is 119 cm³/mol. The number of hydrogen-bond donors (Lipinski definition) is 2. The van der Waals surface area contributed by atoms with Crippen molar-refractivity contribution in [1.29, 1.82) is 0 Å². The van der Waals surface area contributed by atoms with Crippen LogP contribution in [0.5, 0.6) is 0 Å². The molecule has 1 saturated heterocycles. The molecular formula is C23H32N3O3S+. The van der Waals surface area contributed by atoms with Crippen molar-refractivity contribution in [2.24, 2.45) is 0 Å². The number of amides is 1. The van der Waals surface area contributed by atoms with Crippen LogP contribution < -0.4 is 10.2 Å². The van der Waals surface area contributed by atoms with Crippen LogP contribution in [0.2, 0.25) is 0 Å². The summed E-state index contributed by atoms with van der Waals surface area (Å²) in [5, 5.41) is 3.02. The molecule has 0 spiro atoms. The molecule has 0 radical (unpaired) electrons. The number of piperazine rings is 1. The van der Waals surface area contributed by atoms with E-state index in [1.54, 1.807) is 10.4 Å². The second-order valence-electron chi connectivity index (χ2n) is 8.36. The minimum Gasteiger partial charge on any atom is -0.323 e. The van der Waals surface area contributed by atoms with Gasteiger partial charge in [-0.1, -0.05) is 29.8 Å². The summed E-state index contributed by atoms with van der Waals surface area (Å²) >= 11 is 0. The molecule has 1 heterocycles. The number of quaternary nitrogens is 1. The fourth-order valence-electron chi connectivity index (χ4n) is 3.95. The van der Waals surface area contributed by atoms with Gasteiger partial charge < -0.3 is 10.2 Å². The van der Waals surface area contributed by atoms with Crippen LogP contribution >= 0.6 is 0 Å². The first-order chi connectivity index (χ1) is 14.1. The molecular weight excluding hydrogens is 398 g/mol. The zero-order chi connectivity index (χ0) is 22.1. The summed E-state index contributed by atoms with van der Waals surface area (Å²) in [5.41, 5.74) is 4.71. The molecule has 0 aromatic heterocycles. The molecule has 30 heavy (non-hydrogen) atoms. The van der Waals surface area contributed by atoms with Crippen LogP contribution in [0.4, 0.5) is 5.69 Å². The minimum absolute atomic E-state index is 0.0391. The van der Waals surface area contributed by atoms with E-state index in [1.807, 2.05) is 65.0 Å². The van der Waals surface area contributed by atoms with Crippen molar-refractivity contribution in [3.8, 4) is 0 Å². The maximum absolute atomic E-state index is 13.1. The number of anilines is 1. The number of hydrogen-bond acceptors (Lipinski definition) is 3. The van der Waals surface area contributed by atoms with Gasteiger partial charge in [0.2, 0.25) is 10.0 Å². The van der Waals surface area contributed by atoms with Gasteiger partial charge >= 0.3 is 0 Å². The highest BCUT2D eigenvalue weighted by Crippen LogP contribution is 2.21. The Kier molecular flexibility index (Phi) is 6.65. The smallest absolute Gasteiger partial charge is 0.282 e. The second-order valence-corrected chi connectivity index (χ2v) is 10.3. The van der Waals surface area contributed by atoms with Crippen molar-refractivity contribution in [3.05, 3.63) is 58.7 Å². The van der Waals surface area contributed by atoms with E-state index in [1.165, 1.54) is 0 Å². The largest absolute Gasteiger partial charge is 0.323 e. The maximum atomic E-state index is 13.1. The molecule has 2 aromatic rings. The van der Waals surface area contributed by atoms with Crippen LogP contribution in [-0.4, -0.2) is 50.9 Å². The average molecular weight is 431 g/mol. The standard InChI is InChI=1S/C23H31N3O3S/c1-16-7-9-21(19(4)14-16)24-23(27)20(5)25-10-12-26(13-11-25)30(28,29)22-15-17(2)6-8-18(22)3/h6-9,14-15,20H,10-13H2,1-5H3,(H,24,27)/p+1/t20-/m1/s1. The Labute approximate surface area is 179 Å². The van der Waals surface area contributed by atoms with E-state index >= 15 is 0 Å². The fraction of sp³-hybridized carbons (Fsp3) is 0.435. The van der Waals surface area contributed by atoms with Gasteiger partial charge in [0.25, 0.3) is 5.91 Å². The van der Waals surface area contributed by atoms with Crippen LogP contribution in [0, 0.1) is 27.7 Å². The van der Waals surface area contributed by atoms with Crippen molar-refractivity contribution in [2.45, 2.75) is 45.6 Å². The summed E-state index contributed by atoms with van der Waals surface area (Å²) in [6.07, 6.45) is 0. The van der Waals surface area contributed by atoms with E-state index < -0.39 is 10.0 Å². The molecule has 0 unspecified atom stereocenters. The summed E-state index contributed by atoms with van der Waals surface area (Å²) in [4.78, 5) is 14.2. The molecule has 0 aliphatic carbocycles. The number of aryl methyl sites for hydroxylation is 4. The average Bonchev–Trinajstić information content (AvgIpc) is 2.71. The van der Waals surface area contributed by atoms with Crippen molar-refractivity contribution >= 4 is 21.6 Å². The lowest BCUT2D eigenvalue weighted by atomic mass is 10.1. The van der Waals surface area contributed by atoms with Gasteiger partial charge in [0.15, 0.2) is 6.04 Å².